The number of carbonyl (C=O) groups is 2. The highest BCUT2D eigenvalue weighted by molar-refractivity contribution is 5.94. The number of imidazole rings is 1. The van der Waals surface area contributed by atoms with E-state index in [0.717, 1.165) is 23.3 Å². The number of benzene rings is 2. The molecular formula is C25H29FN4O2. The van der Waals surface area contributed by atoms with Gasteiger partial charge < -0.3 is 15.2 Å². The molecular weight excluding hydrogens is 407 g/mol. The molecule has 32 heavy (non-hydrogen) atoms. The fourth-order valence-electron chi connectivity index (χ4n) is 4.23. The second-order valence-corrected chi connectivity index (χ2v) is 8.58. The Morgan fingerprint density at radius 1 is 1.16 bits per heavy atom. The number of aromatic amines is 1. The Kier molecular flexibility index (Phi) is 6.53. The third kappa shape index (κ3) is 4.66. The summed E-state index contributed by atoms with van der Waals surface area (Å²) in [5.41, 5.74) is 2.31. The lowest BCUT2D eigenvalue weighted by Gasteiger charge is -2.32. The first-order valence-electron chi connectivity index (χ1n) is 11.3. The highest BCUT2D eigenvalue weighted by Crippen LogP contribution is 2.27. The molecule has 1 saturated heterocycles. The highest BCUT2D eigenvalue weighted by Gasteiger charge is 2.31. The molecule has 2 N–H and O–H groups in total. The zero-order chi connectivity index (χ0) is 22.7. The van der Waals surface area contributed by atoms with Gasteiger partial charge in [-0.05, 0) is 55.2 Å². The summed E-state index contributed by atoms with van der Waals surface area (Å²) in [6.45, 7) is 5.23. The molecule has 1 aromatic heterocycles. The topological polar surface area (TPSA) is 78.1 Å². The van der Waals surface area contributed by atoms with E-state index in [0.29, 0.717) is 31.5 Å². The van der Waals surface area contributed by atoms with E-state index in [9.17, 15) is 14.0 Å². The maximum absolute atomic E-state index is 13.1. The van der Waals surface area contributed by atoms with Gasteiger partial charge in [0.25, 0.3) is 5.91 Å². The number of H-pyrrole nitrogens is 1. The molecule has 3 aromatic rings. The summed E-state index contributed by atoms with van der Waals surface area (Å²) < 4.78 is 13.1. The number of hydrogen-bond acceptors (Lipinski definition) is 3. The molecule has 0 saturated carbocycles. The average molecular weight is 437 g/mol. The van der Waals surface area contributed by atoms with Crippen molar-refractivity contribution in [1.82, 2.24) is 20.2 Å². The summed E-state index contributed by atoms with van der Waals surface area (Å²) in [4.78, 5) is 35.6. The van der Waals surface area contributed by atoms with Gasteiger partial charge >= 0.3 is 0 Å². The van der Waals surface area contributed by atoms with Crippen LogP contribution in [0.2, 0.25) is 0 Å². The summed E-state index contributed by atoms with van der Waals surface area (Å²) in [6, 6.07) is 13.2. The largest absolute Gasteiger partial charge is 0.346 e. The average Bonchev–Trinajstić information content (AvgIpc) is 3.26. The summed E-state index contributed by atoms with van der Waals surface area (Å²) >= 11 is 0. The van der Waals surface area contributed by atoms with Crippen molar-refractivity contribution in [2.45, 2.75) is 39.2 Å². The van der Waals surface area contributed by atoms with Crippen LogP contribution in [-0.4, -0.2) is 39.8 Å². The maximum Gasteiger partial charge on any atom is 0.253 e. The molecule has 168 valence electrons. The fourth-order valence-corrected chi connectivity index (χ4v) is 4.23. The number of likely N-dealkylation sites (tertiary alicyclic amines) is 1. The van der Waals surface area contributed by atoms with E-state index in [1.807, 2.05) is 24.3 Å². The Labute approximate surface area is 187 Å². The van der Waals surface area contributed by atoms with Gasteiger partial charge in [-0.2, -0.15) is 0 Å². The molecule has 1 fully saturated rings. The van der Waals surface area contributed by atoms with Gasteiger partial charge in [0.05, 0.1) is 17.1 Å². The van der Waals surface area contributed by atoms with Crippen LogP contribution in [0.4, 0.5) is 4.39 Å². The van der Waals surface area contributed by atoms with Crippen LogP contribution in [0.25, 0.3) is 11.0 Å². The predicted molar refractivity (Wildman–Crippen MR) is 121 cm³/mol. The number of amides is 2. The van der Waals surface area contributed by atoms with E-state index in [1.54, 1.807) is 4.90 Å². The minimum atomic E-state index is -0.364. The molecule has 2 aromatic carbocycles. The van der Waals surface area contributed by atoms with Crippen molar-refractivity contribution in [3.8, 4) is 0 Å². The van der Waals surface area contributed by atoms with E-state index in [-0.39, 0.29) is 35.5 Å². The Hall–Kier alpha value is -3.22. The maximum atomic E-state index is 13.1. The van der Waals surface area contributed by atoms with Crippen LogP contribution in [0.5, 0.6) is 0 Å². The van der Waals surface area contributed by atoms with Crippen LogP contribution in [0.1, 0.15) is 55.3 Å². The van der Waals surface area contributed by atoms with Crippen LogP contribution < -0.4 is 5.32 Å². The molecule has 1 aliphatic heterocycles. The van der Waals surface area contributed by atoms with E-state index in [4.69, 9.17) is 4.98 Å². The van der Waals surface area contributed by atoms with Crippen molar-refractivity contribution in [2.24, 2.45) is 11.8 Å². The molecule has 0 bridgehead atoms. The number of nitrogens with zero attached hydrogens (tertiary/aromatic N) is 2. The summed E-state index contributed by atoms with van der Waals surface area (Å²) in [6.07, 6.45) is 2.12. The number of nitrogens with one attached hydrogen (secondary N) is 2. The monoisotopic (exact) mass is 436 g/mol. The summed E-state index contributed by atoms with van der Waals surface area (Å²) in [5.74, 6) is 0.367. The smallest absolute Gasteiger partial charge is 0.253 e. The number of para-hydroxylation sites is 2. The Morgan fingerprint density at radius 2 is 1.84 bits per heavy atom. The molecule has 0 aliphatic carbocycles. The van der Waals surface area contributed by atoms with Crippen molar-refractivity contribution in [1.29, 1.82) is 0 Å². The number of halogens is 1. The van der Waals surface area contributed by atoms with E-state index >= 15 is 0 Å². The molecule has 2 atom stereocenters. The van der Waals surface area contributed by atoms with Crippen molar-refractivity contribution in [3.05, 3.63) is 65.7 Å². The second-order valence-electron chi connectivity index (χ2n) is 8.58. The molecule has 4 rings (SSSR count). The summed E-state index contributed by atoms with van der Waals surface area (Å²) in [5, 5.41) is 3.22. The minimum Gasteiger partial charge on any atom is -0.346 e. The van der Waals surface area contributed by atoms with Crippen molar-refractivity contribution >= 4 is 22.8 Å². The van der Waals surface area contributed by atoms with Crippen LogP contribution in [0.15, 0.2) is 48.5 Å². The van der Waals surface area contributed by atoms with E-state index in [1.165, 1.54) is 24.3 Å². The number of rotatable bonds is 6. The third-order valence-corrected chi connectivity index (χ3v) is 6.46. The minimum absolute atomic E-state index is 0.00429. The van der Waals surface area contributed by atoms with Crippen molar-refractivity contribution < 1.29 is 14.0 Å². The first-order valence-corrected chi connectivity index (χ1v) is 11.3. The van der Waals surface area contributed by atoms with Crippen LogP contribution in [0.3, 0.4) is 0 Å². The molecule has 2 unspecified atom stereocenters. The number of piperidine rings is 1. The number of carbonyl (C=O) groups excluding carboxylic acids is 2. The van der Waals surface area contributed by atoms with Gasteiger partial charge in [-0.25, -0.2) is 9.37 Å². The fraction of sp³-hybridized carbons (Fsp3) is 0.400. The second kappa shape index (κ2) is 9.51. The Balaban J connectivity index is 1.40. The highest BCUT2D eigenvalue weighted by atomic mass is 19.1. The van der Waals surface area contributed by atoms with Gasteiger partial charge in [0.1, 0.15) is 11.6 Å². The van der Waals surface area contributed by atoms with Crippen molar-refractivity contribution in [3.63, 3.8) is 0 Å². The van der Waals surface area contributed by atoms with Crippen LogP contribution >= 0.6 is 0 Å². The van der Waals surface area contributed by atoms with Crippen LogP contribution in [0, 0.1) is 17.7 Å². The molecule has 0 radical (unpaired) electrons. The SMILES string of the molecule is CCC(C)C(NC(=O)C1CCN(C(=O)c2ccc(F)cc2)CC1)c1nc2ccccc2[nH]1. The standard InChI is InChI=1S/C25H29FN4O2/c1-3-16(2)22(23-27-20-6-4-5-7-21(20)28-23)29-24(31)17-12-14-30(15-13-17)25(32)18-8-10-19(26)11-9-18/h4-11,16-17,22H,3,12-15H2,1-2H3,(H,27,28)(H,29,31). The number of fused-ring (bicyclic) bond motifs is 1. The van der Waals surface area contributed by atoms with Gasteiger partial charge in [0.15, 0.2) is 0 Å². The first kappa shape index (κ1) is 22.0. The molecule has 1 aliphatic rings. The lowest BCUT2D eigenvalue weighted by atomic mass is 9.93. The quantitative estimate of drug-likeness (QED) is 0.599. The molecule has 2 amide bonds. The number of aromatic nitrogens is 2. The van der Waals surface area contributed by atoms with Crippen molar-refractivity contribution in [2.75, 3.05) is 13.1 Å². The molecule has 6 nitrogen and oxygen atoms in total. The number of hydrogen-bond donors (Lipinski definition) is 2. The molecule has 2 heterocycles. The zero-order valence-electron chi connectivity index (χ0n) is 18.5. The lowest BCUT2D eigenvalue weighted by molar-refractivity contribution is -0.127. The lowest BCUT2D eigenvalue weighted by Crippen LogP contribution is -2.44. The van der Waals surface area contributed by atoms with Gasteiger partial charge in [-0.15, -0.1) is 0 Å². The summed E-state index contributed by atoms with van der Waals surface area (Å²) in [7, 11) is 0. The molecule has 0 spiro atoms. The third-order valence-electron chi connectivity index (χ3n) is 6.46. The van der Waals surface area contributed by atoms with Gasteiger partial charge in [-0.3, -0.25) is 9.59 Å². The van der Waals surface area contributed by atoms with Gasteiger partial charge in [0.2, 0.25) is 5.91 Å². The van der Waals surface area contributed by atoms with Crippen LogP contribution in [-0.2, 0) is 4.79 Å². The normalized spacial score (nSPS) is 16.7. The van der Waals surface area contributed by atoms with Gasteiger partial charge in [-0.1, -0.05) is 32.4 Å². The van der Waals surface area contributed by atoms with E-state index in [2.05, 4.69) is 24.1 Å². The zero-order valence-corrected chi connectivity index (χ0v) is 18.5. The van der Waals surface area contributed by atoms with Gasteiger partial charge in [0, 0.05) is 24.6 Å². The Morgan fingerprint density at radius 3 is 2.50 bits per heavy atom. The Bertz CT molecular complexity index is 1050. The predicted octanol–water partition coefficient (Wildman–Crippen LogP) is 4.46. The van der Waals surface area contributed by atoms with E-state index < -0.39 is 0 Å². The molecule has 7 heteroatoms. The first-order chi connectivity index (χ1) is 15.5.